The molecule has 5 nitrogen and oxygen atoms in total. The molecule has 5 heteroatoms. The van der Waals surface area contributed by atoms with Gasteiger partial charge in [-0.15, -0.1) is 0 Å². The van der Waals surface area contributed by atoms with Gasteiger partial charge in [0.15, 0.2) is 0 Å². The van der Waals surface area contributed by atoms with Crippen molar-refractivity contribution in [1.29, 1.82) is 0 Å². The molecule has 0 aromatic heterocycles. The van der Waals surface area contributed by atoms with Gasteiger partial charge in [0, 0.05) is 17.9 Å². The number of hydrogen-bond donors (Lipinski definition) is 0. The van der Waals surface area contributed by atoms with Gasteiger partial charge in [0.1, 0.15) is 5.60 Å². The normalized spacial score (nSPS) is 28.5. The van der Waals surface area contributed by atoms with Gasteiger partial charge in [0.25, 0.3) is 5.91 Å². The average molecular weight is 323 g/mol. The number of nitrogens with zero attached hydrogens (tertiary/aromatic N) is 1. The van der Waals surface area contributed by atoms with Crippen LogP contribution in [0.3, 0.4) is 0 Å². The van der Waals surface area contributed by atoms with Crippen LogP contribution in [0.5, 0.6) is 0 Å². The number of carbonyl (C=O) groups excluding carboxylic acids is 2. The molecule has 2 amide bonds. The molecule has 2 fully saturated rings. The maximum absolute atomic E-state index is 12.7. The number of amides is 2. The van der Waals surface area contributed by atoms with E-state index in [0.29, 0.717) is 18.6 Å². The Bertz CT molecular complexity index is 540. The lowest BCUT2D eigenvalue weighted by molar-refractivity contribution is -0.127. The summed E-state index contributed by atoms with van der Waals surface area (Å²) in [6.45, 7) is 13.9. The van der Waals surface area contributed by atoms with E-state index in [-0.39, 0.29) is 17.4 Å². The van der Waals surface area contributed by atoms with Crippen molar-refractivity contribution >= 4 is 12.0 Å². The summed E-state index contributed by atoms with van der Waals surface area (Å²) in [5.74, 6) is -0.0210. The highest BCUT2D eigenvalue weighted by Gasteiger charge is 2.47. The van der Waals surface area contributed by atoms with Gasteiger partial charge in [-0.05, 0) is 54.9 Å². The van der Waals surface area contributed by atoms with Crippen LogP contribution in [0.4, 0.5) is 4.79 Å². The lowest BCUT2D eigenvalue weighted by Gasteiger charge is -2.31. The third-order valence-corrected chi connectivity index (χ3v) is 4.16. The molecule has 0 saturated carbocycles. The van der Waals surface area contributed by atoms with Gasteiger partial charge in [-0.3, -0.25) is 4.79 Å². The van der Waals surface area contributed by atoms with Crippen LogP contribution in [0.25, 0.3) is 0 Å². The fourth-order valence-corrected chi connectivity index (χ4v) is 3.28. The zero-order valence-corrected chi connectivity index (χ0v) is 15.4. The first-order valence-corrected chi connectivity index (χ1v) is 8.23. The molecule has 0 bridgehead atoms. The van der Waals surface area contributed by atoms with E-state index in [2.05, 4.69) is 13.8 Å². The molecular formula is C18H29NO4. The van der Waals surface area contributed by atoms with Crippen LogP contribution in [0.2, 0.25) is 0 Å². The molecule has 0 aliphatic carbocycles. The second-order valence-electron chi connectivity index (χ2n) is 8.84. The molecule has 0 aromatic carbocycles. The zero-order valence-electron chi connectivity index (χ0n) is 15.4. The Labute approximate surface area is 139 Å². The minimum atomic E-state index is -0.622. The van der Waals surface area contributed by atoms with Crippen LogP contribution in [0.1, 0.15) is 61.3 Å². The Morgan fingerprint density at radius 3 is 2.39 bits per heavy atom. The Hall–Kier alpha value is -1.36. The Morgan fingerprint density at radius 2 is 1.91 bits per heavy atom. The Morgan fingerprint density at radius 1 is 1.30 bits per heavy atom. The number of likely N-dealkylation sites (tertiary alicyclic amines) is 1. The van der Waals surface area contributed by atoms with Crippen molar-refractivity contribution in [3.8, 4) is 0 Å². The molecule has 0 aromatic rings. The molecule has 1 atom stereocenters. The number of imide groups is 1. The molecule has 2 rings (SSSR count). The highest BCUT2D eigenvalue weighted by Crippen LogP contribution is 2.37. The zero-order chi connectivity index (χ0) is 17.6. The molecule has 2 heterocycles. The van der Waals surface area contributed by atoms with Crippen LogP contribution >= 0.6 is 0 Å². The summed E-state index contributed by atoms with van der Waals surface area (Å²) in [4.78, 5) is 26.4. The fraction of sp³-hybridized carbons (Fsp3) is 0.778. The quantitative estimate of drug-likeness (QED) is 0.691. The lowest BCUT2D eigenvalue weighted by Crippen LogP contribution is -2.47. The first-order chi connectivity index (χ1) is 10.3. The summed E-state index contributed by atoms with van der Waals surface area (Å²) in [5, 5.41) is 0. The number of hydrogen-bond acceptors (Lipinski definition) is 4. The maximum atomic E-state index is 12.7. The maximum Gasteiger partial charge on any atom is 0.417 e. The molecule has 0 spiro atoms. The van der Waals surface area contributed by atoms with Crippen molar-refractivity contribution in [2.75, 3.05) is 6.61 Å². The van der Waals surface area contributed by atoms with E-state index in [1.807, 2.05) is 19.9 Å². The average Bonchev–Trinajstić information content (AvgIpc) is 2.74. The molecule has 2 saturated heterocycles. The monoisotopic (exact) mass is 323 g/mol. The molecule has 2 aliphatic heterocycles. The topological polar surface area (TPSA) is 55.8 Å². The van der Waals surface area contributed by atoms with Crippen LogP contribution in [0.15, 0.2) is 11.6 Å². The first-order valence-electron chi connectivity index (χ1n) is 8.23. The van der Waals surface area contributed by atoms with Crippen molar-refractivity contribution in [1.82, 2.24) is 4.90 Å². The van der Waals surface area contributed by atoms with Gasteiger partial charge in [0.05, 0.1) is 17.7 Å². The van der Waals surface area contributed by atoms with E-state index in [1.165, 1.54) is 4.90 Å². The fourth-order valence-electron chi connectivity index (χ4n) is 3.28. The molecule has 0 N–H and O–H groups in total. The predicted molar refractivity (Wildman–Crippen MR) is 88.0 cm³/mol. The smallest absolute Gasteiger partial charge is 0.417 e. The third-order valence-electron chi connectivity index (χ3n) is 4.16. The van der Waals surface area contributed by atoms with Crippen molar-refractivity contribution in [3.63, 3.8) is 0 Å². The number of rotatable bonds is 1. The second-order valence-corrected chi connectivity index (χ2v) is 8.84. The second kappa shape index (κ2) is 5.62. The summed E-state index contributed by atoms with van der Waals surface area (Å²) >= 11 is 0. The van der Waals surface area contributed by atoms with Crippen LogP contribution in [0, 0.1) is 5.92 Å². The van der Waals surface area contributed by atoms with Gasteiger partial charge in [-0.25, -0.2) is 9.69 Å². The van der Waals surface area contributed by atoms with Crippen LogP contribution < -0.4 is 0 Å². The molecule has 0 unspecified atom stereocenters. The molecule has 2 aliphatic rings. The molecule has 23 heavy (non-hydrogen) atoms. The van der Waals surface area contributed by atoms with Crippen molar-refractivity contribution in [2.45, 2.75) is 78.0 Å². The van der Waals surface area contributed by atoms with E-state index in [9.17, 15) is 9.59 Å². The van der Waals surface area contributed by atoms with Gasteiger partial charge >= 0.3 is 6.09 Å². The Kier molecular flexibility index (Phi) is 4.39. The SMILES string of the molecule is CC(C)(C)OC(=O)N1C(=O)/C(=C/[C@H]2COC(C)(C)C2)CC1(C)C. The van der Waals surface area contributed by atoms with Crippen molar-refractivity contribution < 1.29 is 19.1 Å². The highest BCUT2D eigenvalue weighted by atomic mass is 16.6. The largest absolute Gasteiger partial charge is 0.443 e. The van der Waals surface area contributed by atoms with E-state index >= 15 is 0 Å². The van der Waals surface area contributed by atoms with E-state index in [4.69, 9.17) is 9.47 Å². The van der Waals surface area contributed by atoms with Crippen molar-refractivity contribution in [2.24, 2.45) is 5.92 Å². The Balaban J connectivity index is 2.18. The number of carbonyl (C=O) groups is 2. The standard InChI is InChI=1S/C18H29NO4/c1-16(2,3)23-15(21)19-14(20)13(10-17(19,4)5)8-12-9-18(6,7)22-11-12/h8,12H,9-11H2,1-7H3/b13-8+/t12-/m1/s1. The van der Waals surface area contributed by atoms with Crippen molar-refractivity contribution in [3.05, 3.63) is 11.6 Å². The third kappa shape index (κ3) is 4.14. The van der Waals surface area contributed by atoms with E-state index in [1.54, 1.807) is 20.8 Å². The van der Waals surface area contributed by atoms with E-state index in [0.717, 1.165) is 6.42 Å². The van der Waals surface area contributed by atoms with Gasteiger partial charge in [-0.1, -0.05) is 6.08 Å². The lowest BCUT2D eigenvalue weighted by atomic mass is 9.93. The summed E-state index contributed by atoms with van der Waals surface area (Å²) < 4.78 is 11.1. The molecule has 130 valence electrons. The van der Waals surface area contributed by atoms with Crippen LogP contribution in [-0.2, 0) is 14.3 Å². The van der Waals surface area contributed by atoms with E-state index < -0.39 is 17.2 Å². The predicted octanol–water partition coefficient (Wildman–Crippen LogP) is 3.67. The van der Waals surface area contributed by atoms with Gasteiger partial charge < -0.3 is 9.47 Å². The molecule has 0 radical (unpaired) electrons. The summed E-state index contributed by atoms with van der Waals surface area (Å²) in [7, 11) is 0. The summed E-state index contributed by atoms with van der Waals surface area (Å²) in [5.41, 5.74) is -0.653. The van der Waals surface area contributed by atoms with Crippen LogP contribution in [-0.4, -0.2) is 40.2 Å². The minimum Gasteiger partial charge on any atom is -0.443 e. The number of ether oxygens (including phenoxy) is 2. The minimum absolute atomic E-state index is 0.149. The first kappa shape index (κ1) is 18.0. The summed E-state index contributed by atoms with van der Waals surface area (Å²) in [6.07, 6.45) is 2.85. The highest BCUT2D eigenvalue weighted by molar-refractivity contribution is 6.05. The molecular weight excluding hydrogens is 294 g/mol. The van der Waals surface area contributed by atoms with Gasteiger partial charge in [0.2, 0.25) is 0 Å². The summed E-state index contributed by atoms with van der Waals surface area (Å²) in [6, 6.07) is 0. The van der Waals surface area contributed by atoms with Gasteiger partial charge in [-0.2, -0.15) is 0 Å².